The molecule has 2 heterocycles. The fourth-order valence-corrected chi connectivity index (χ4v) is 1.80. The zero-order valence-electron chi connectivity index (χ0n) is 8.15. The minimum Gasteiger partial charge on any atom is -0.267 e. The molecule has 0 unspecified atom stereocenters. The number of pyridine rings is 1. The van der Waals surface area contributed by atoms with Crippen LogP contribution in [-0.2, 0) is 0 Å². The van der Waals surface area contributed by atoms with Gasteiger partial charge in [-0.1, -0.05) is 18.2 Å². The molecule has 3 rings (SSSR count). The molecule has 2 aromatic heterocycles. The van der Waals surface area contributed by atoms with E-state index in [1.165, 1.54) is 6.20 Å². The SMILES string of the molecule is O=c1[nH][nH]c(=O)c2c1cnc1ccccc12. The number of fused-ring (bicyclic) bond motifs is 3. The number of hydrogen-bond acceptors (Lipinski definition) is 3. The summed E-state index contributed by atoms with van der Waals surface area (Å²) in [7, 11) is 0. The average molecular weight is 213 g/mol. The summed E-state index contributed by atoms with van der Waals surface area (Å²) in [4.78, 5) is 27.3. The predicted octanol–water partition coefficient (Wildman–Crippen LogP) is 0.765. The number of aromatic nitrogens is 3. The molecule has 0 aliphatic heterocycles. The zero-order valence-corrected chi connectivity index (χ0v) is 8.15. The molecule has 5 nitrogen and oxygen atoms in total. The Kier molecular flexibility index (Phi) is 1.67. The van der Waals surface area contributed by atoms with Crippen molar-refractivity contribution in [3.63, 3.8) is 0 Å². The van der Waals surface area contributed by atoms with Crippen LogP contribution < -0.4 is 11.1 Å². The number of hydrogen-bond donors (Lipinski definition) is 2. The summed E-state index contributed by atoms with van der Waals surface area (Å²) in [5.41, 5.74) is 0.0483. The van der Waals surface area contributed by atoms with Crippen LogP contribution in [0.1, 0.15) is 0 Å². The van der Waals surface area contributed by atoms with E-state index in [2.05, 4.69) is 15.2 Å². The van der Waals surface area contributed by atoms with Gasteiger partial charge in [0.2, 0.25) is 0 Å². The molecule has 16 heavy (non-hydrogen) atoms. The van der Waals surface area contributed by atoms with Crippen molar-refractivity contribution in [3.05, 3.63) is 51.2 Å². The fraction of sp³-hybridized carbons (Fsp3) is 0. The van der Waals surface area contributed by atoms with Crippen molar-refractivity contribution in [2.24, 2.45) is 0 Å². The molecule has 78 valence electrons. The van der Waals surface area contributed by atoms with E-state index in [-0.39, 0.29) is 11.1 Å². The van der Waals surface area contributed by atoms with Gasteiger partial charge in [-0.05, 0) is 6.07 Å². The van der Waals surface area contributed by atoms with E-state index in [1.54, 1.807) is 12.1 Å². The van der Waals surface area contributed by atoms with E-state index in [0.717, 1.165) is 0 Å². The van der Waals surface area contributed by atoms with Crippen molar-refractivity contribution in [1.82, 2.24) is 15.2 Å². The molecule has 0 aliphatic carbocycles. The van der Waals surface area contributed by atoms with Gasteiger partial charge in [0, 0.05) is 11.6 Å². The second-order valence-corrected chi connectivity index (χ2v) is 3.47. The minimum atomic E-state index is -0.340. The second-order valence-electron chi connectivity index (χ2n) is 3.47. The molecular weight excluding hydrogens is 206 g/mol. The van der Waals surface area contributed by atoms with Crippen molar-refractivity contribution in [2.45, 2.75) is 0 Å². The lowest BCUT2D eigenvalue weighted by molar-refractivity contribution is 0.976. The summed E-state index contributed by atoms with van der Waals surface area (Å²) in [5, 5.41) is 5.97. The van der Waals surface area contributed by atoms with Crippen LogP contribution in [0.3, 0.4) is 0 Å². The summed E-state index contributed by atoms with van der Waals surface area (Å²) < 4.78 is 0. The molecule has 0 fully saturated rings. The highest BCUT2D eigenvalue weighted by atomic mass is 16.1. The van der Waals surface area contributed by atoms with Crippen molar-refractivity contribution >= 4 is 21.7 Å². The van der Waals surface area contributed by atoms with Crippen molar-refractivity contribution in [1.29, 1.82) is 0 Å². The van der Waals surface area contributed by atoms with Crippen molar-refractivity contribution in [3.8, 4) is 0 Å². The maximum absolute atomic E-state index is 11.7. The zero-order chi connectivity index (χ0) is 11.1. The minimum absolute atomic E-state index is 0.308. The summed E-state index contributed by atoms with van der Waals surface area (Å²) in [6.45, 7) is 0. The molecule has 0 atom stereocenters. The molecule has 5 heteroatoms. The molecule has 0 aliphatic rings. The molecule has 0 saturated heterocycles. The highest BCUT2D eigenvalue weighted by Crippen LogP contribution is 2.16. The van der Waals surface area contributed by atoms with E-state index in [9.17, 15) is 9.59 Å². The van der Waals surface area contributed by atoms with Gasteiger partial charge in [-0.15, -0.1) is 0 Å². The molecule has 0 amide bonds. The first-order valence-corrected chi connectivity index (χ1v) is 4.76. The third kappa shape index (κ3) is 1.08. The van der Waals surface area contributed by atoms with Gasteiger partial charge in [0.1, 0.15) is 0 Å². The quantitative estimate of drug-likeness (QED) is 0.541. The molecule has 2 N–H and O–H groups in total. The van der Waals surface area contributed by atoms with Gasteiger partial charge < -0.3 is 0 Å². The molecular formula is C11H7N3O2. The standard InChI is InChI=1S/C11H7N3O2/c15-10-7-5-12-8-4-2-1-3-6(8)9(7)11(16)14-13-10/h1-5H,(H,13,15)(H,14,16). The van der Waals surface area contributed by atoms with Gasteiger partial charge in [0.25, 0.3) is 11.1 Å². The van der Waals surface area contributed by atoms with Crippen LogP contribution in [0.15, 0.2) is 40.1 Å². The van der Waals surface area contributed by atoms with Gasteiger partial charge in [0.15, 0.2) is 0 Å². The number of para-hydroxylation sites is 1. The number of rotatable bonds is 0. The number of nitrogens with zero attached hydrogens (tertiary/aromatic N) is 1. The Morgan fingerprint density at radius 2 is 1.69 bits per heavy atom. The molecule has 1 aromatic carbocycles. The third-order valence-corrected chi connectivity index (χ3v) is 2.54. The Labute approximate surface area is 88.7 Å². The van der Waals surface area contributed by atoms with E-state index in [1.807, 2.05) is 12.1 Å². The Bertz CT molecular complexity index is 801. The molecule has 0 spiro atoms. The van der Waals surface area contributed by atoms with Gasteiger partial charge >= 0.3 is 0 Å². The predicted molar refractivity (Wildman–Crippen MR) is 60.5 cm³/mol. The van der Waals surface area contributed by atoms with E-state index in [0.29, 0.717) is 21.7 Å². The van der Waals surface area contributed by atoms with Crippen LogP contribution in [0.4, 0.5) is 0 Å². The molecule has 0 radical (unpaired) electrons. The number of H-pyrrole nitrogens is 2. The summed E-state index contributed by atoms with van der Waals surface area (Å²) in [6.07, 6.45) is 1.42. The first-order valence-electron chi connectivity index (χ1n) is 4.76. The van der Waals surface area contributed by atoms with Crippen LogP contribution in [-0.4, -0.2) is 15.2 Å². The second kappa shape index (κ2) is 3.03. The topological polar surface area (TPSA) is 78.6 Å². The Morgan fingerprint density at radius 3 is 2.56 bits per heavy atom. The lowest BCUT2D eigenvalue weighted by atomic mass is 10.1. The van der Waals surface area contributed by atoms with Crippen LogP contribution >= 0.6 is 0 Å². The van der Waals surface area contributed by atoms with Crippen molar-refractivity contribution in [2.75, 3.05) is 0 Å². The highest BCUT2D eigenvalue weighted by molar-refractivity contribution is 6.04. The number of benzene rings is 1. The van der Waals surface area contributed by atoms with Crippen LogP contribution in [0, 0.1) is 0 Å². The Hall–Kier alpha value is -2.43. The molecule has 3 aromatic rings. The van der Waals surface area contributed by atoms with Gasteiger partial charge in [-0.3, -0.25) is 24.8 Å². The molecule has 0 bridgehead atoms. The first-order chi connectivity index (χ1) is 7.77. The lowest BCUT2D eigenvalue weighted by Gasteiger charge is -2.00. The number of nitrogens with one attached hydrogen (secondary N) is 2. The maximum atomic E-state index is 11.7. The van der Waals surface area contributed by atoms with Crippen LogP contribution in [0.5, 0.6) is 0 Å². The van der Waals surface area contributed by atoms with E-state index >= 15 is 0 Å². The smallest absolute Gasteiger partial charge is 0.267 e. The van der Waals surface area contributed by atoms with Crippen LogP contribution in [0.2, 0.25) is 0 Å². The van der Waals surface area contributed by atoms with E-state index in [4.69, 9.17) is 0 Å². The maximum Gasteiger partial charge on any atom is 0.272 e. The number of aromatic amines is 2. The van der Waals surface area contributed by atoms with Gasteiger partial charge in [-0.25, -0.2) is 0 Å². The van der Waals surface area contributed by atoms with Crippen molar-refractivity contribution < 1.29 is 0 Å². The fourth-order valence-electron chi connectivity index (χ4n) is 1.80. The monoisotopic (exact) mass is 213 g/mol. The first kappa shape index (κ1) is 8.84. The van der Waals surface area contributed by atoms with Gasteiger partial charge in [0.05, 0.1) is 16.3 Å². The summed E-state index contributed by atoms with van der Waals surface area (Å²) in [6, 6.07) is 7.22. The summed E-state index contributed by atoms with van der Waals surface area (Å²) >= 11 is 0. The van der Waals surface area contributed by atoms with Crippen LogP contribution in [0.25, 0.3) is 21.7 Å². The molecule has 0 saturated carbocycles. The lowest BCUT2D eigenvalue weighted by Crippen LogP contribution is -2.19. The average Bonchev–Trinajstić information content (AvgIpc) is 2.33. The Balaban J connectivity index is 2.76. The normalized spacial score (nSPS) is 11.0. The third-order valence-electron chi connectivity index (χ3n) is 2.54. The largest absolute Gasteiger partial charge is 0.272 e. The highest BCUT2D eigenvalue weighted by Gasteiger charge is 2.07. The van der Waals surface area contributed by atoms with E-state index < -0.39 is 0 Å². The Morgan fingerprint density at radius 1 is 0.938 bits per heavy atom. The van der Waals surface area contributed by atoms with Gasteiger partial charge in [-0.2, -0.15) is 0 Å². The summed E-state index contributed by atoms with van der Waals surface area (Å²) in [5.74, 6) is 0.